The van der Waals surface area contributed by atoms with E-state index in [1.807, 2.05) is 24.3 Å². The highest BCUT2D eigenvalue weighted by Gasteiger charge is 2.15. The number of aromatic nitrogens is 1. The van der Waals surface area contributed by atoms with Crippen molar-refractivity contribution in [2.45, 2.75) is 18.9 Å². The standard InChI is InChI=1S/C15H18N2O2/c1-17-14-7-3-2-6-12(14)13(9-15(17)18)16-10-11-5-4-8-19-11/h2-3,6-7,9,11,16H,4-5,8,10H2,1H3. The molecule has 19 heavy (non-hydrogen) atoms. The molecule has 1 atom stereocenters. The van der Waals surface area contributed by atoms with E-state index in [0.29, 0.717) is 0 Å². The summed E-state index contributed by atoms with van der Waals surface area (Å²) in [6, 6.07) is 9.60. The predicted octanol–water partition coefficient (Wildman–Crippen LogP) is 2.13. The molecule has 1 fully saturated rings. The van der Waals surface area contributed by atoms with Crippen molar-refractivity contribution in [1.82, 2.24) is 4.57 Å². The monoisotopic (exact) mass is 258 g/mol. The van der Waals surface area contributed by atoms with Crippen LogP contribution >= 0.6 is 0 Å². The fourth-order valence-electron chi connectivity index (χ4n) is 2.59. The van der Waals surface area contributed by atoms with E-state index in [1.165, 1.54) is 0 Å². The number of pyridine rings is 1. The van der Waals surface area contributed by atoms with Gasteiger partial charge in [-0.2, -0.15) is 0 Å². The van der Waals surface area contributed by atoms with Gasteiger partial charge in [-0.3, -0.25) is 4.79 Å². The summed E-state index contributed by atoms with van der Waals surface area (Å²) in [5.41, 5.74) is 1.85. The van der Waals surface area contributed by atoms with Gasteiger partial charge in [0.1, 0.15) is 0 Å². The fourth-order valence-corrected chi connectivity index (χ4v) is 2.59. The maximum atomic E-state index is 11.9. The van der Waals surface area contributed by atoms with Crippen LogP contribution in [0.15, 0.2) is 35.1 Å². The van der Waals surface area contributed by atoms with Gasteiger partial charge in [0.05, 0.1) is 11.6 Å². The third-order valence-corrected chi connectivity index (χ3v) is 3.70. The molecule has 0 amide bonds. The molecule has 1 unspecified atom stereocenters. The van der Waals surface area contributed by atoms with Crippen molar-refractivity contribution in [2.75, 3.05) is 18.5 Å². The number of rotatable bonds is 3. The van der Waals surface area contributed by atoms with E-state index in [4.69, 9.17) is 4.74 Å². The van der Waals surface area contributed by atoms with Crippen molar-refractivity contribution in [2.24, 2.45) is 7.05 Å². The first kappa shape index (κ1) is 12.2. The van der Waals surface area contributed by atoms with Crippen molar-refractivity contribution in [3.05, 3.63) is 40.7 Å². The average molecular weight is 258 g/mol. The van der Waals surface area contributed by atoms with Crippen LogP contribution in [0.5, 0.6) is 0 Å². The van der Waals surface area contributed by atoms with Crippen LogP contribution in [0, 0.1) is 0 Å². The Balaban J connectivity index is 1.94. The Labute approximate surface area is 112 Å². The lowest BCUT2D eigenvalue weighted by Gasteiger charge is -2.15. The number of anilines is 1. The lowest BCUT2D eigenvalue weighted by Crippen LogP contribution is -2.21. The Morgan fingerprint density at radius 2 is 2.26 bits per heavy atom. The van der Waals surface area contributed by atoms with Crippen molar-refractivity contribution >= 4 is 16.6 Å². The summed E-state index contributed by atoms with van der Waals surface area (Å²) in [6.07, 6.45) is 2.49. The summed E-state index contributed by atoms with van der Waals surface area (Å²) in [4.78, 5) is 11.9. The maximum Gasteiger partial charge on any atom is 0.252 e. The second kappa shape index (κ2) is 5.05. The van der Waals surface area contributed by atoms with Crippen molar-refractivity contribution in [3.8, 4) is 0 Å². The van der Waals surface area contributed by atoms with Crippen LogP contribution in [-0.2, 0) is 11.8 Å². The number of nitrogens with one attached hydrogen (secondary N) is 1. The molecule has 1 aromatic carbocycles. The minimum Gasteiger partial charge on any atom is -0.382 e. The number of para-hydroxylation sites is 1. The van der Waals surface area contributed by atoms with E-state index in [1.54, 1.807) is 17.7 Å². The molecule has 0 aliphatic carbocycles. The molecule has 2 aromatic rings. The first-order chi connectivity index (χ1) is 9.25. The van der Waals surface area contributed by atoms with Crippen LogP contribution in [0.1, 0.15) is 12.8 Å². The highest BCUT2D eigenvalue weighted by Crippen LogP contribution is 2.21. The van der Waals surface area contributed by atoms with Gasteiger partial charge in [-0.05, 0) is 18.9 Å². The third-order valence-electron chi connectivity index (χ3n) is 3.70. The van der Waals surface area contributed by atoms with E-state index >= 15 is 0 Å². The Bertz CT molecular complexity index is 642. The predicted molar refractivity (Wildman–Crippen MR) is 76.7 cm³/mol. The van der Waals surface area contributed by atoms with Gasteiger partial charge in [0.15, 0.2) is 0 Å². The van der Waals surface area contributed by atoms with Crippen LogP contribution in [-0.4, -0.2) is 23.8 Å². The molecule has 0 spiro atoms. The molecule has 0 bridgehead atoms. The van der Waals surface area contributed by atoms with Crippen LogP contribution in [0.3, 0.4) is 0 Å². The summed E-state index contributed by atoms with van der Waals surface area (Å²) in [6.45, 7) is 1.61. The molecular formula is C15H18N2O2. The van der Waals surface area contributed by atoms with Gasteiger partial charge in [-0.25, -0.2) is 0 Å². The lowest BCUT2D eigenvalue weighted by atomic mass is 10.1. The Morgan fingerprint density at radius 3 is 3.05 bits per heavy atom. The molecule has 0 saturated carbocycles. The number of hydrogen-bond donors (Lipinski definition) is 1. The molecule has 3 rings (SSSR count). The fraction of sp³-hybridized carbons (Fsp3) is 0.400. The van der Waals surface area contributed by atoms with Gasteiger partial charge < -0.3 is 14.6 Å². The van der Waals surface area contributed by atoms with Gasteiger partial charge in [0.2, 0.25) is 0 Å². The quantitative estimate of drug-likeness (QED) is 0.917. The molecule has 1 aliphatic heterocycles. The number of ether oxygens (including phenoxy) is 1. The molecule has 4 heteroatoms. The molecule has 1 N–H and O–H groups in total. The van der Waals surface area contributed by atoms with Gasteiger partial charge in [-0.15, -0.1) is 0 Å². The molecule has 4 nitrogen and oxygen atoms in total. The Morgan fingerprint density at radius 1 is 1.42 bits per heavy atom. The number of hydrogen-bond acceptors (Lipinski definition) is 3. The van der Waals surface area contributed by atoms with Gasteiger partial charge in [-0.1, -0.05) is 18.2 Å². The van der Waals surface area contributed by atoms with Crippen molar-refractivity contribution in [1.29, 1.82) is 0 Å². The summed E-state index contributed by atoms with van der Waals surface area (Å²) >= 11 is 0. The van der Waals surface area contributed by atoms with Crippen LogP contribution < -0.4 is 10.9 Å². The van der Waals surface area contributed by atoms with Crippen LogP contribution in [0.4, 0.5) is 5.69 Å². The van der Waals surface area contributed by atoms with E-state index in [0.717, 1.165) is 42.6 Å². The van der Waals surface area contributed by atoms with Gasteiger partial charge in [0, 0.05) is 37.3 Å². The molecule has 1 saturated heterocycles. The third kappa shape index (κ3) is 2.36. The zero-order valence-electron chi connectivity index (χ0n) is 11.1. The zero-order chi connectivity index (χ0) is 13.2. The number of aryl methyl sites for hydroxylation is 1. The highest BCUT2D eigenvalue weighted by molar-refractivity contribution is 5.91. The number of nitrogens with zero attached hydrogens (tertiary/aromatic N) is 1. The van der Waals surface area contributed by atoms with Crippen molar-refractivity contribution in [3.63, 3.8) is 0 Å². The Hall–Kier alpha value is -1.81. The van der Waals surface area contributed by atoms with Crippen molar-refractivity contribution < 1.29 is 4.74 Å². The molecule has 0 radical (unpaired) electrons. The maximum absolute atomic E-state index is 11.9. The zero-order valence-corrected chi connectivity index (χ0v) is 11.1. The first-order valence-corrected chi connectivity index (χ1v) is 6.70. The minimum absolute atomic E-state index is 0.00791. The molecular weight excluding hydrogens is 240 g/mol. The second-order valence-corrected chi connectivity index (χ2v) is 4.99. The van der Waals surface area contributed by atoms with E-state index in [2.05, 4.69) is 5.32 Å². The summed E-state index contributed by atoms with van der Waals surface area (Å²) < 4.78 is 7.27. The first-order valence-electron chi connectivity index (χ1n) is 6.70. The smallest absolute Gasteiger partial charge is 0.252 e. The van der Waals surface area contributed by atoms with Gasteiger partial charge in [0.25, 0.3) is 5.56 Å². The lowest BCUT2D eigenvalue weighted by molar-refractivity contribution is 0.120. The summed E-state index contributed by atoms with van der Waals surface area (Å²) in [7, 11) is 1.80. The minimum atomic E-state index is 0.00791. The van der Waals surface area contributed by atoms with E-state index in [-0.39, 0.29) is 11.7 Å². The molecule has 100 valence electrons. The van der Waals surface area contributed by atoms with E-state index in [9.17, 15) is 4.79 Å². The molecule has 2 heterocycles. The second-order valence-electron chi connectivity index (χ2n) is 4.99. The molecule has 1 aliphatic rings. The Kier molecular flexibility index (Phi) is 3.25. The van der Waals surface area contributed by atoms with Crippen LogP contribution in [0.25, 0.3) is 10.9 Å². The van der Waals surface area contributed by atoms with Gasteiger partial charge >= 0.3 is 0 Å². The highest BCUT2D eigenvalue weighted by atomic mass is 16.5. The largest absolute Gasteiger partial charge is 0.382 e. The summed E-state index contributed by atoms with van der Waals surface area (Å²) in [5.74, 6) is 0. The topological polar surface area (TPSA) is 43.3 Å². The number of fused-ring (bicyclic) bond motifs is 1. The number of benzene rings is 1. The summed E-state index contributed by atoms with van der Waals surface area (Å²) in [5, 5.41) is 4.43. The van der Waals surface area contributed by atoms with Crippen LogP contribution in [0.2, 0.25) is 0 Å². The van der Waals surface area contributed by atoms with E-state index < -0.39 is 0 Å². The average Bonchev–Trinajstić information content (AvgIpc) is 2.95. The normalized spacial score (nSPS) is 18.9. The SMILES string of the molecule is Cn1c(=O)cc(NCC2CCCO2)c2ccccc21. The molecule has 1 aromatic heterocycles.